The van der Waals surface area contributed by atoms with Crippen LogP contribution in [0.5, 0.6) is 0 Å². The van der Waals surface area contributed by atoms with Gasteiger partial charge in [0.2, 0.25) is 0 Å². The van der Waals surface area contributed by atoms with Crippen LogP contribution in [0.4, 0.5) is 0 Å². The van der Waals surface area contributed by atoms with Gasteiger partial charge in [-0.05, 0) is 31.6 Å². The van der Waals surface area contributed by atoms with Crippen LogP contribution in [-0.2, 0) is 19.0 Å². The minimum absolute atomic E-state index is 0.117. The van der Waals surface area contributed by atoms with Crippen molar-refractivity contribution in [1.29, 1.82) is 0 Å². The van der Waals surface area contributed by atoms with Gasteiger partial charge in [-0.2, -0.15) is 0 Å². The molecule has 0 radical (unpaired) electrons. The summed E-state index contributed by atoms with van der Waals surface area (Å²) in [5, 5.41) is 3.48. The van der Waals surface area contributed by atoms with Crippen LogP contribution in [0.3, 0.4) is 0 Å². The van der Waals surface area contributed by atoms with E-state index in [0.717, 1.165) is 18.8 Å². The first kappa shape index (κ1) is 15.7. The van der Waals surface area contributed by atoms with Gasteiger partial charge in [-0.25, -0.2) is 0 Å². The lowest BCUT2D eigenvalue weighted by molar-refractivity contribution is -0.149. The lowest BCUT2D eigenvalue weighted by atomic mass is 9.78. The van der Waals surface area contributed by atoms with Crippen LogP contribution in [-0.4, -0.2) is 51.6 Å². The molecule has 3 unspecified atom stereocenters. The Morgan fingerprint density at radius 2 is 1.85 bits per heavy atom. The summed E-state index contributed by atoms with van der Waals surface area (Å²) in [4.78, 5) is 12.0. The van der Waals surface area contributed by atoms with E-state index in [1.165, 1.54) is 25.7 Å². The molecule has 1 saturated heterocycles. The highest BCUT2D eigenvalue weighted by atomic mass is 16.6. The fraction of sp³-hybridized carbons (Fsp3) is 0.933. The predicted octanol–water partition coefficient (Wildman–Crippen LogP) is 1.50. The Morgan fingerprint density at radius 1 is 1.05 bits per heavy atom. The molecular weight excluding hydrogens is 258 g/mol. The summed E-state index contributed by atoms with van der Waals surface area (Å²) in [6.07, 6.45) is 7.20. The van der Waals surface area contributed by atoms with Gasteiger partial charge < -0.3 is 19.5 Å². The van der Waals surface area contributed by atoms with E-state index in [1.807, 2.05) is 0 Å². The molecule has 20 heavy (non-hydrogen) atoms. The summed E-state index contributed by atoms with van der Waals surface area (Å²) < 4.78 is 15.4. The number of esters is 1. The first-order chi connectivity index (χ1) is 9.81. The lowest BCUT2D eigenvalue weighted by Gasteiger charge is -2.39. The molecule has 2 aliphatic rings. The first-order valence-corrected chi connectivity index (χ1v) is 7.80. The molecule has 1 saturated carbocycles. The molecule has 1 aliphatic heterocycles. The second kappa shape index (κ2) is 8.60. The Morgan fingerprint density at radius 3 is 2.70 bits per heavy atom. The molecule has 2 rings (SSSR count). The molecule has 0 spiro atoms. The number of fused-ring (bicyclic) bond motifs is 1. The maximum Gasteiger partial charge on any atom is 0.323 e. The predicted molar refractivity (Wildman–Crippen MR) is 75.6 cm³/mol. The third kappa shape index (κ3) is 4.72. The highest BCUT2D eigenvalue weighted by Crippen LogP contribution is 2.32. The molecule has 1 heterocycles. The smallest absolute Gasteiger partial charge is 0.323 e. The molecule has 2 fully saturated rings. The monoisotopic (exact) mass is 285 g/mol. The third-order valence-corrected chi connectivity index (χ3v) is 4.34. The summed E-state index contributed by atoms with van der Waals surface area (Å²) in [7, 11) is 1.64. The van der Waals surface area contributed by atoms with Crippen LogP contribution < -0.4 is 5.32 Å². The average molecular weight is 285 g/mol. The highest BCUT2D eigenvalue weighted by Gasteiger charge is 2.34. The molecular formula is C15H27NO4. The molecule has 0 aromatic carbocycles. The van der Waals surface area contributed by atoms with E-state index in [1.54, 1.807) is 7.11 Å². The summed E-state index contributed by atoms with van der Waals surface area (Å²) in [5.41, 5.74) is 0. The summed E-state index contributed by atoms with van der Waals surface area (Å²) in [6.45, 7) is 1.88. The molecule has 0 aromatic heterocycles. The number of ether oxygens (including phenoxy) is 3. The molecule has 1 aliphatic carbocycles. The Labute approximate surface area is 121 Å². The normalized spacial score (nSPS) is 29.8. The first-order valence-electron chi connectivity index (χ1n) is 7.80. The second-order valence-electron chi connectivity index (χ2n) is 5.72. The van der Waals surface area contributed by atoms with Crippen LogP contribution in [0.15, 0.2) is 0 Å². The lowest BCUT2D eigenvalue weighted by Crippen LogP contribution is -2.52. The van der Waals surface area contributed by atoms with E-state index in [2.05, 4.69) is 5.32 Å². The van der Waals surface area contributed by atoms with E-state index in [-0.39, 0.29) is 12.0 Å². The fourth-order valence-corrected chi connectivity index (χ4v) is 3.23. The zero-order valence-electron chi connectivity index (χ0n) is 12.4. The zero-order chi connectivity index (χ0) is 14.2. The van der Waals surface area contributed by atoms with E-state index >= 15 is 0 Å². The molecule has 0 bridgehead atoms. The summed E-state index contributed by atoms with van der Waals surface area (Å²) in [5.74, 6) is 0.648. The van der Waals surface area contributed by atoms with Gasteiger partial charge in [0.1, 0.15) is 12.6 Å². The molecule has 5 heteroatoms. The van der Waals surface area contributed by atoms with E-state index in [0.29, 0.717) is 32.5 Å². The average Bonchev–Trinajstić information content (AvgIpc) is 2.50. The Hall–Kier alpha value is -0.650. The van der Waals surface area contributed by atoms with Gasteiger partial charge >= 0.3 is 5.97 Å². The number of nitrogens with one attached hydrogen (secondary N) is 1. The van der Waals surface area contributed by atoms with Gasteiger partial charge in [-0.1, -0.05) is 12.8 Å². The maximum atomic E-state index is 12.0. The minimum Gasteiger partial charge on any atom is -0.462 e. The van der Waals surface area contributed by atoms with Gasteiger partial charge in [0.25, 0.3) is 0 Å². The van der Waals surface area contributed by atoms with Crippen molar-refractivity contribution in [3.63, 3.8) is 0 Å². The molecule has 0 amide bonds. The fourth-order valence-electron chi connectivity index (χ4n) is 3.23. The maximum absolute atomic E-state index is 12.0. The Kier molecular flexibility index (Phi) is 6.76. The highest BCUT2D eigenvalue weighted by molar-refractivity contribution is 5.76. The van der Waals surface area contributed by atoms with Crippen LogP contribution >= 0.6 is 0 Å². The zero-order valence-corrected chi connectivity index (χ0v) is 12.4. The van der Waals surface area contributed by atoms with E-state index < -0.39 is 0 Å². The summed E-state index contributed by atoms with van der Waals surface area (Å²) >= 11 is 0. The molecule has 5 nitrogen and oxygen atoms in total. The minimum atomic E-state index is -0.121. The number of hydrogen-bond acceptors (Lipinski definition) is 5. The molecule has 116 valence electrons. The molecule has 1 N–H and O–H groups in total. The van der Waals surface area contributed by atoms with Gasteiger partial charge in [-0.3, -0.25) is 4.79 Å². The standard InChI is InChI=1S/C15H27NO4/c1-18-8-9-19-10-11-20-15(17)14-7-6-12-4-2-3-5-13(12)16-14/h12-14,16H,2-11H2,1H3. The number of rotatable bonds is 7. The van der Waals surface area contributed by atoms with E-state index in [4.69, 9.17) is 14.2 Å². The van der Waals surface area contributed by atoms with Crippen molar-refractivity contribution in [2.45, 2.75) is 50.6 Å². The van der Waals surface area contributed by atoms with Gasteiger partial charge in [0.15, 0.2) is 0 Å². The topological polar surface area (TPSA) is 56.8 Å². The van der Waals surface area contributed by atoms with Gasteiger partial charge in [0.05, 0.1) is 19.8 Å². The molecule has 0 aromatic rings. The quantitative estimate of drug-likeness (QED) is 0.567. The van der Waals surface area contributed by atoms with Crippen LogP contribution in [0.1, 0.15) is 38.5 Å². The number of methoxy groups -OCH3 is 1. The number of carbonyl (C=O) groups excluding carboxylic acids is 1. The van der Waals surface area contributed by atoms with Crippen LogP contribution in [0, 0.1) is 5.92 Å². The summed E-state index contributed by atoms with van der Waals surface area (Å²) in [6, 6.07) is 0.404. The molecule has 3 atom stereocenters. The van der Waals surface area contributed by atoms with E-state index in [9.17, 15) is 4.79 Å². The van der Waals surface area contributed by atoms with Crippen molar-refractivity contribution in [1.82, 2.24) is 5.32 Å². The van der Waals surface area contributed by atoms with Crippen molar-refractivity contribution in [3.05, 3.63) is 0 Å². The Bertz CT molecular complexity index is 298. The SMILES string of the molecule is COCCOCCOC(=O)C1CCC2CCCCC2N1. The number of carbonyl (C=O) groups is 1. The van der Waals surface area contributed by atoms with Crippen molar-refractivity contribution >= 4 is 5.97 Å². The van der Waals surface area contributed by atoms with Crippen molar-refractivity contribution in [2.75, 3.05) is 33.5 Å². The van der Waals surface area contributed by atoms with Crippen LogP contribution in [0.2, 0.25) is 0 Å². The van der Waals surface area contributed by atoms with Crippen molar-refractivity contribution < 1.29 is 19.0 Å². The van der Waals surface area contributed by atoms with Crippen molar-refractivity contribution in [3.8, 4) is 0 Å². The van der Waals surface area contributed by atoms with Crippen molar-refractivity contribution in [2.24, 2.45) is 5.92 Å². The van der Waals surface area contributed by atoms with Crippen LogP contribution in [0.25, 0.3) is 0 Å². The third-order valence-electron chi connectivity index (χ3n) is 4.34. The van der Waals surface area contributed by atoms with Gasteiger partial charge in [0, 0.05) is 13.2 Å². The second-order valence-corrected chi connectivity index (χ2v) is 5.72. The Balaban J connectivity index is 1.60. The number of hydrogen-bond donors (Lipinski definition) is 1. The van der Waals surface area contributed by atoms with Gasteiger partial charge in [-0.15, -0.1) is 0 Å². The number of piperidine rings is 1. The largest absolute Gasteiger partial charge is 0.462 e.